The molecule has 94 valence electrons. The van der Waals surface area contributed by atoms with Gasteiger partial charge in [-0.05, 0) is 38.5 Å². The minimum atomic E-state index is 1.12. The van der Waals surface area contributed by atoms with Crippen molar-refractivity contribution in [3.63, 3.8) is 0 Å². The van der Waals surface area contributed by atoms with Crippen LogP contribution in [0.25, 0.3) is 0 Å². The van der Waals surface area contributed by atoms with Crippen LogP contribution < -0.4 is 0 Å². The van der Waals surface area contributed by atoms with Gasteiger partial charge in [0.05, 0.1) is 0 Å². The molecule has 0 aromatic carbocycles. The summed E-state index contributed by atoms with van der Waals surface area (Å²) in [4.78, 5) is 0. The highest BCUT2D eigenvalue weighted by Crippen LogP contribution is 2.13. The molecule has 0 nitrogen and oxygen atoms in total. The fourth-order valence-electron chi connectivity index (χ4n) is 1.79. The summed E-state index contributed by atoms with van der Waals surface area (Å²) >= 11 is 3.44. The van der Waals surface area contributed by atoms with Gasteiger partial charge in [-0.2, -0.15) is 0 Å². The van der Waals surface area contributed by atoms with E-state index < -0.39 is 0 Å². The van der Waals surface area contributed by atoms with Crippen molar-refractivity contribution in [2.45, 2.75) is 65.2 Å². The molecule has 0 heterocycles. The van der Waals surface area contributed by atoms with Crippen LogP contribution in [0.1, 0.15) is 65.2 Å². The largest absolute Gasteiger partial charge is 0.0928 e. The van der Waals surface area contributed by atoms with Gasteiger partial charge in [-0.3, -0.25) is 0 Å². The molecule has 0 saturated heterocycles. The Morgan fingerprint density at radius 2 is 1.56 bits per heavy atom. The number of halogens is 1. The summed E-state index contributed by atoms with van der Waals surface area (Å²) in [6, 6.07) is 0. The lowest BCUT2D eigenvalue weighted by Crippen LogP contribution is -1.83. The second kappa shape index (κ2) is 13.0. The van der Waals surface area contributed by atoms with Gasteiger partial charge >= 0.3 is 0 Å². The maximum Gasteiger partial charge on any atom is 0.00342 e. The van der Waals surface area contributed by atoms with Crippen LogP contribution in [-0.2, 0) is 0 Å². The minimum Gasteiger partial charge on any atom is -0.0928 e. The first-order valence-electron chi connectivity index (χ1n) is 6.74. The molecule has 0 amide bonds. The average Bonchev–Trinajstić information content (AvgIpc) is 2.28. The smallest absolute Gasteiger partial charge is 0.00342 e. The van der Waals surface area contributed by atoms with Gasteiger partial charge in [0.1, 0.15) is 0 Å². The van der Waals surface area contributed by atoms with Crippen LogP contribution in [0.2, 0.25) is 0 Å². The summed E-state index contributed by atoms with van der Waals surface area (Å²) in [7, 11) is 0. The van der Waals surface area contributed by atoms with Crippen molar-refractivity contribution in [3.05, 3.63) is 23.8 Å². The van der Waals surface area contributed by atoms with E-state index in [1.807, 2.05) is 0 Å². The maximum atomic E-state index is 3.44. The first-order valence-corrected chi connectivity index (χ1v) is 7.86. The van der Waals surface area contributed by atoms with Gasteiger partial charge < -0.3 is 0 Å². The van der Waals surface area contributed by atoms with E-state index in [9.17, 15) is 0 Å². The monoisotopic (exact) mass is 286 g/mol. The van der Waals surface area contributed by atoms with Gasteiger partial charge in [-0.15, -0.1) is 0 Å². The zero-order valence-electron chi connectivity index (χ0n) is 11.0. The van der Waals surface area contributed by atoms with Crippen molar-refractivity contribution in [1.82, 2.24) is 0 Å². The minimum absolute atomic E-state index is 1.12. The van der Waals surface area contributed by atoms with Crippen molar-refractivity contribution in [3.8, 4) is 0 Å². The molecule has 0 aliphatic rings. The first kappa shape index (κ1) is 16.0. The zero-order valence-corrected chi connectivity index (χ0v) is 12.6. The number of rotatable bonds is 10. The Kier molecular flexibility index (Phi) is 13.0. The second-order valence-electron chi connectivity index (χ2n) is 4.24. The average molecular weight is 287 g/mol. The van der Waals surface area contributed by atoms with Gasteiger partial charge in [0.15, 0.2) is 0 Å². The molecule has 0 fully saturated rings. The number of allylic oxidation sites excluding steroid dienone is 4. The Labute approximate surface area is 110 Å². The SMILES string of the molecule is CCCC(=CCCC=CCCCBr)CCC. The Bertz CT molecular complexity index is 184. The van der Waals surface area contributed by atoms with Crippen LogP contribution in [-0.4, -0.2) is 5.33 Å². The van der Waals surface area contributed by atoms with Crippen molar-refractivity contribution in [2.75, 3.05) is 5.33 Å². The highest BCUT2D eigenvalue weighted by Gasteiger charge is 1.93. The van der Waals surface area contributed by atoms with E-state index in [-0.39, 0.29) is 0 Å². The molecule has 0 atom stereocenters. The number of alkyl halides is 1. The molecule has 0 aromatic heterocycles. The summed E-state index contributed by atoms with van der Waals surface area (Å²) in [5, 5.41) is 1.12. The maximum absolute atomic E-state index is 3.44. The molecule has 0 radical (unpaired) electrons. The lowest BCUT2D eigenvalue weighted by molar-refractivity contribution is 0.792. The Balaban J connectivity index is 3.64. The highest BCUT2D eigenvalue weighted by molar-refractivity contribution is 9.09. The summed E-state index contributed by atoms with van der Waals surface area (Å²) < 4.78 is 0. The molecule has 0 aromatic rings. The van der Waals surface area contributed by atoms with Crippen molar-refractivity contribution < 1.29 is 0 Å². The molecule has 0 aliphatic carbocycles. The standard InChI is InChI=1S/C15H27Br/c1-3-11-15(12-4-2)13-9-7-5-6-8-10-14-16/h5-6,13H,3-4,7-12,14H2,1-2H3. The zero-order chi connectivity index (χ0) is 12.1. The van der Waals surface area contributed by atoms with Crippen LogP contribution in [0, 0.1) is 0 Å². The molecular formula is C15H27Br. The van der Waals surface area contributed by atoms with Crippen LogP contribution in [0.5, 0.6) is 0 Å². The van der Waals surface area contributed by atoms with E-state index >= 15 is 0 Å². The van der Waals surface area contributed by atoms with E-state index in [1.54, 1.807) is 5.57 Å². The third-order valence-corrected chi connectivity index (χ3v) is 3.14. The summed E-state index contributed by atoms with van der Waals surface area (Å²) in [5.41, 5.74) is 1.67. The van der Waals surface area contributed by atoms with E-state index in [2.05, 4.69) is 48.0 Å². The molecule has 0 N–H and O–H groups in total. The molecule has 0 saturated carbocycles. The van der Waals surface area contributed by atoms with Crippen LogP contribution in [0.3, 0.4) is 0 Å². The summed E-state index contributed by atoms with van der Waals surface area (Å²) in [6.45, 7) is 4.54. The van der Waals surface area contributed by atoms with Gasteiger partial charge in [0, 0.05) is 5.33 Å². The van der Waals surface area contributed by atoms with Crippen LogP contribution >= 0.6 is 15.9 Å². The van der Waals surface area contributed by atoms with Crippen molar-refractivity contribution in [2.24, 2.45) is 0 Å². The fraction of sp³-hybridized carbons (Fsp3) is 0.733. The molecule has 1 heteroatoms. The van der Waals surface area contributed by atoms with Gasteiger partial charge in [-0.1, -0.05) is 66.4 Å². The topological polar surface area (TPSA) is 0 Å². The van der Waals surface area contributed by atoms with Gasteiger partial charge in [0.2, 0.25) is 0 Å². The molecule has 0 rings (SSSR count). The predicted octanol–water partition coefficient (Wildman–Crippen LogP) is 6.02. The Hall–Kier alpha value is -0.0400. The van der Waals surface area contributed by atoms with Crippen molar-refractivity contribution >= 4 is 15.9 Å². The third kappa shape index (κ3) is 10.5. The molecule has 0 unspecified atom stereocenters. The van der Waals surface area contributed by atoms with Crippen LogP contribution in [0.15, 0.2) is 23.8 Å². The third-order valence-electron chi connectivity index (χ3n) is 2.58. The van der Waals surface area contributed by atoms with Gasteiger partial charge in [0.25, 0.3) is 0 Å². The highest BCUT2D eigenvalue weighted by atomic mass is 79.9. The predicted molar refractivity (Wildman–Crippen MR) is 79.3 cm³/mol. The van der Waals surface area contributed by atoms with Crippen molar-refractivity contribution in [1.29, 1.82) is 0 Å². The molecule has 16 heavy (non-hydrogen) atoms. The summed E-state index contributed by atoms with van der Waals surface area (Å²) in [5.74, 6) is 0. The Morgan fingerprint density at radius 1 is 0.938 bits per heavy atom. The molecule has 0 bridgehead atoms. The number of unbranched alkanes of at least 4 members (excludes halogenated alkanes) is 2. The van der Waals surface area contributed by atoms with Crippen LogP contribution in [0.4, 0.5) is 0 Å². The number of hydrogen-bond acceptors (Lipinski definition) is 0. The fourth-order valence-corrected chi connectivity index (χ4v) is 2.11. The molecule has 0 spiro atoms. The first-order chi connectivity index (χ1) is 7.85. The van der Waals surface area contributed by atoms with Gasteiger partial charge in [-0.25, -0.2) is 0 Å². The van der Waals surface area contributed by atoms with E-state index in [4.69, 9.17) is 0 Å². The molecular weight excluding hydrogens is 260 g/mol. The summed E-state index contributed by atoms with van der Waals surface area (Å²) in [6.07, 6.45) is 17.2. The Morgan fingerprint density at radius 3 is 2.12 bits per heavy atom. The second-order valence-corrected chi connectivity index (χ2v) is 5.04. The lowest BCUT2D eigenvalue weighted by Gasteiger charge is -2.03. The normalized spacial score (nSPS) is 10.9. The van der Waals surface area contributed by atoms with E-state index in [1.165, 1.54) is 51.4 Å². The van der Waals surface area contributed by atoms with E-state index in [0.717, 1.165) is 5.33 Å². The van der Waals surface area contributed by atoms with E-state index in [0.29, 0.717) is 0 Å². The quantitative estimate of drug-likeness (QED) is 0.261. The molecule has 0 aliphatic heterocycles. The lowest BCUT2D eigenvalue weighted by atomic mass is 10.0. The number of hydrogen-bond donors (Lipinski definition) is 0.